The van der Waals surface area contributed by atoms with E-state index in [-0.39, 0.29) is 30.0 Å². The number of hydrogen-bond donors (Lipinski definition) is 2. The van der Waals surface area contributed by atoms with Crippen LogP contribution in [0.25, 0.3) is 0 Å². The van der Waals surface area contributed by atoms with Gasteiger partial charge in [-0.3, -0.25) is 0 Å². The first-order chi connectivity index (χ1) is 10.0. The highest BCUT2D eigenvalue weighted by molar-refractivity contribution is 5.84. The number of benzene rings is 1. The van der Waals surface area contributed by atoms with Crippen LogP contribution in [0.4, 0.5) is 14.5 Å². The summed E-state index contributed by atoms with van der Waals surface area (Å²) in [6.45, 7) is 0.265. The SMILES string of the molecule is N#Cc1cc(F)c(NCCn2cc(C(=O)O)nn2)c(F)c1. The Kier molecular flexibility index (Phi) is 4.08. The highest BCUT2D eigenvalue weighted by Crippen LogP contribution is 2.20. The topological polar surface area (TPSA) is 104 Å². The van der Waals surface area contributed by atoms with Gasteiger partial charge in [0.25, 0.3) is 0 Å². The zero-order valence-electron chi connectivity index (χ0n) is 10.5. The van der Waals surface area contributed by atoms with Crippen molar-refractivity contribution in [3.05, 3.63) is 41.2 Å². The summed E-state index contributed by atoms with van der Waals surface area (Å²) in [6.07, 6.45) is 1.20. The lowest BCUT2D eigenvalue weighted by molar-refractivity contribution is 0.0690. The van der Waals surface area contributed by atoms with Crippen molar-refractivity contribution in [2.75, 3.05) is 11.9 Å². The van der Waals surface area contributed by atoms with Crippen molar-refractivity contribution in [3.8, 4) is 6.07 Å². The molecule has 7 nitrogen and oxygen atoms in total. The molecule has 0 atom stereocenters. The molecule has 0 spiro atoms. The first kappa shape index (κ1) is 14.4. The normalized spacial score (nSPS) is 10.1. The number of carboxylic acids is 1. The van der Waals surface area contributed by atoms with Gasteiger partial charge < -0.3 is 10.4 Å². The van der Waals surface area contributed by atoms with E-state index in [1.54, 1.807) is 6.07 Å². The first-order valence-corrected chi connectivity index (χ1v) is 5.77. The van der Waals surface area contributed by atoms with Gasteiger partial charge in [-0.25, -0.2) is 18.3 Å². The van der Waals surface area contributed by atoms with Crippen LogP contribution in [0.15, 0.2) is 18.3 Å². The maximum absolute atomic E-state index is 13.6. The van der Waals surface area contributed by atoms with Crippen LogP contribution in [-0.2, 0) is 6.54 Å². The molecule has 0 aliphatic rings. The Balaban J connectivity index is 2.00. The molecule has 2 N–H and O–H groups in total. The Morgan fingerprint density at radius 1 is 1.43 bits per heavy atom. The fourth-order valence-corrected chi connectivity index (χ4v) is 1.61. The van der Waals surface area contributed by atoms with Crippen LogP contribution in [0.2, 0.25) is 0 Å². The molecule has 2 aromatic rings. The van der Waals surface area contributed by atoms with Gasteiger partial charge in [-0.1, -0.05) is 5.21 Å². The number of carbonyl (C=O) groups is 1. The van der Waals surface area contributed by atoms with Gasteiger partial charge in [0, 0.05) is 6.54 Å². The van der Waals surface area contributed by atoms with Gasteiger partial charge in [0.2, 0.25) is 0 Å². The zero-order valence-corrected chi connectivity index (χ0v) is 10.5. The lowest BCUT2D eigenvalue weighted by atomic mass is 10.2. The molecule has 0 saturated carbocycles. The Morgan fingerprint density at radius 2 is 2.10 bits per heavy atom. The smallest absolute Gasteiger partial charge is 0.358 e. The maximum Gasteiger partial charge on any atom is 0.358 e. The summed E-state index contributed by atoms with van der Waals surface area (Å²) in [4.78, 5) is 10.6. The maximum atomic E-state index is 13.6. The van der Waals surface area contributed by atoms with E-state index in [0.29, 0.717) is 0 Å². The van der Waals surface area contributed by atoms with Gasteiger partial charge >= 0.3 is 5.97 Å². The van der Waals surface area contributed by atoms with E-state index in [0.717, 1.165) is 12.1 Å². The molecule has 1 aromatic carbocycles. The number of anilines is 1. The lowest BCUT2D eigenvalue weighted by Crippen LogP contribution is -2.13. The summed E-state index contributed by atoms with van der Waals surface area (Å²) in [5.41, 5.74) is -0.684. The average Bonchev–Trinajstić information content (AvgIpc) is 2.90. The van der Waals surface area contributed by atoms with Gasteiger partial charge in [-0.2, -0.15) is 5.26 Å². The number of rotatable bonds is 5. The molecule has 0 fully saturated rings. The molecular weight excluding hydrogens is 284 g/mol. The van der Waals surface area contributed by atoms with E-state index in [1.807, 2.05) is 0 Å². The molecule has 0 aliphatic heterocycles. The van der Waals surface area contributed by atoms with Crippen LogP contribution in [0.5, 0.6) is 0 Å². The molecule has 0 saturated heterocycles. The van der Waals surface area contributed by atoms with Gasteiger partial charge in [0.05, 0.1) is 24.4 Å². The molecule has 2 rings (SSSR count). The second-order valence-corrected chi connectivity index (χ2v) is 4.03. The summed E-state index contributed by atoms with van der Waals surface area (Å²) in [7, 11) is 0. The fourth-order valence-electron chi connectivity index (χ4n) is 1.61. The van der Waals surface area contributed by atoms with E-state index in [2.05, 4.69) is 15.6 Å². The summed E-state index contributed by atoms with van der Waals surface area (Å²) in [5, 5.41) is 26.7. The first-order valence-electron chi connectivity index (χ1n) is 5.77. The Hall–Kier alpha value is -3.02. The fraction of sp³-hybridized carbons (Fsp3) is 0.167. The van der Waals surface area contributed by atoms with E-state index in [4.69, 9.17) is 10.4 Å². The standard InChI is InChI=1S/C12H9F2N5O2/c13-8-3-7(5-15)4-9(14)11(8)16-1-2-19-6-10(12(20)21)17-18-19/h3-4,6,16H,1-2H2,(H,20,21). The van der Waals surface area contributed by atoms with E-state index in [1.165, 1.54) is 10.9 Å². The largest absolute Gasteiger partial charge is 0.476 e. The van der Waals surface area contributed by atoms with E-state index >= 15 is 0 Å². The quantitative estimate of drug-likeness (QED) is 0.859. The number of nitriles is 1. The van der Waals surface area contributed by atoms with Crippen LogP contribution in [0, 0.1) is 23.0 Å². The van der Waals surface area contributed by atoms with Crippen molar-refractivity contribution in [1.82, 2.24) is 15.0 Å². The molecule has 108 valence electrons. The van der Waals surface area contributed by atoms with Crippen LogP contribution >= 0.6 is 0 Å². The third kappa shape index (κ3) is 3.30. The lowest BCUT2D eigenvalue weighted by Gasteiger charge is -2.08. The summed E-state index contributed by atoms with van der Waals surface area (Å²) < 4.78 is 28.4. The third-order valence-corrected chi connectivity index (χ3v) is 2.57. The number of aromatic nitrogens is 3. The van der Waals surface area contributed by atoms with E-state index in [9.17, 15) is 13.6 Å². The van der Waals surface area contributed by atoms with Gasteiger partial charge in [-0.15, -0.1) is 5.10 Å². The third-order valence-electron chi connectivity index (χ3n) is 2.57. The zero-order chi connectivity index (χ0) is 15.4. The molecule has 21 heavy (non-hydrogen) atoms. The van der Waals surface area contributed by atoms with Crippen LogP contribution in [0.3, 0.4) is 0 Å². The number of aromatic carboxylic acids is 1. The molecule has 0 radical (unpaired) electrons. The summed E-state index contributed by atoms with van der Waals surface area (Å²) in [5.74, 6) is -2.97. The number of hydrogen-bond acceptors (Lipinski definition) is 5. The molecule has 0 bridgehead atoms. The molecule has 1 heterocycles. The Morgan fingerprint density at radius 3 is 2.62 bits per heavy atom. The van der Waals surface area contributed by atoms with Crippen molar-refractivity contribution >= 4 is 11.7 Å². The average molecular weight is 293 g/mol. The minimum absolute atomic E-state index is 0.0994. The van der Waals surface area contributed by atoms with Gasteiger partial charge in [0.15, 0.2) is 17.3 Å². The van der Waals surface area contributed by atoms with Crippen molar-refractivity contribution < 1.29 is 18.7 Å². The van der Waals surface area contributed by atoms with Crippen molar-refractivity contribution in [3.63, 3.8) is 0 Å². The number of carboxylic acid groups (broad SMARTS) is 1. The second-order valence-electron chi connectivity index (χ2n) is 4.03. The summed E-state index contributed by atoms with van der Waals surface area (Å²) in [6, 6.07) is 3.49. The number of nitrogens with zero attached hydrogens (tertiary/aromatic N) is 4. The number of halogens is 2. The van der Waals surface area contributed by atoms with E-state index < -0.39 is 17.6 Å². The highest BCUT2D eigenvalue weighted by atomic mass is 19.1. The highest BCUT2D eigenvalue weighted by Gasteiger charge is 2.11. The van der Waals surface area contributed by atoms with Crippen molar-refractivity contribution in [1.29, 1.82) is 5.26 Å². The molecule has 0 amide bonds. The molecule has 0 unspecified atom stereocenters. The molecule has 9 heteroatoms. The molecular formula is C12H9F2N5O2. The molecule has 1 aromatic heterocycles. The minimum atomic E-state index is -1.21. The molecule has 0 aliphatic carbocycles. The monoisotopic (exact) mass is 293 g/mol. The second kappa shape index (κ2) is 5.96. The van der Waals surface area contributed by atoms with Crippen molar-refractivity contribution in [2.45, 2.75) is 6.54 Å². The predicted octanol–water partition coefficient (Wildman–Crippen LogP) is 1.24. The predicted molar refractivity (Wildman–Crippen MR) is 66.5 cm³/mol. The van der Waals surface area contributed by atoms with Crippen LogP contribution in [-0.4, -0.2) is 32.6 Å². The Bertz CT molecular complexity index is 700. The summed E-state index contributed by atoms with van der Waals surface area (Å²) >= 11 is 0. The van der Waals surface area contributed by atoms with Gasteiger partial charge in [-0.05, 0) is 12.1 Å². The van der Waals surface area contributed by atoms with Crippen LogP contribution in [0.1, 0.15) is 16.1 Å². The minimum Gasteiger partial charge on any atom is -0.476 e. The van der Waals surface area contributed by atoms with Crippen molar-refractivity contribution in [2.24, 2.45) is 0 Å². The van der Waals surface area contributed by atoms with Gasteiger partial charge in [0.1, 0.15) is 5.69 Å². The Labute approximate surface area is 117 Å². The number of nitrogens with one attached hydrogen (secondary N) is 1. The van der Waals surface area contributed by atoms with Crippen LogP contribution < -0.4 is 5.32 Å².